The van der Waals surface area contributed by atoms with Crippen LogP contribution in [-0.4, -0.2) is 25.8 Å². The summed E-state index contributed by atoms with van der Waals surface area (Å²) in [5.41, 5.74) is 9.53. The van der Waals surface area contributed by atoms with Crippen LogP contribution >= 0.6 is 0 Å². The summed E-state index contributed by atoms with van der Waals surface area (Å²) in [6, 6.07) is 6.58. The third-order valence-corrected chi connectivity index (χ3v) is 3.69. The summed E-state index contributed by atoms with van der Waals surface area (Å²) in [4.78, 5) is 2.43. The van der Waals surface area contributed by atoms with Crippen molar-refractivity contribution in [3.63, 3.8) is 0 Å². The largest absolute Gasteiger partial charge is 0.377 e. The topological polar surface area (TPSA) is 38.5 Å². The second-order valence-corrected chi connectivity index (χ2v) is 4.98. The van der Waals surface area contributed by atoms with Gasteiger partial charge in [-0.25, -0.2) is 0 Å². The molecule has 0 amide bonds. The minimum Gasteiger partial charge on any atom is -0.377 e. The lowest BCUT2D eigenvalue weighted by Gasteiger charge is -2.34. The number of nitrogens with two attached hydrogens (primary N) is 1. The fourth-order valence-corrected chi connectivity index (χ4v) is 2.65. The first-order chi connectivity index (χ1) is 8.74. The van der Waals surface area contributed by atoms with Crippen LogP contribution in [0.3, 0.4) is 0 Å². The molecule has 0 saturated carbocycles. The van der Waals surface area contributed by atoms with Crippen LogP contribution < -0.4 is 10.6 Å². The van der Waals surface area contributed by atoms with E-state index in [0.29, 0.717) is 12.6 Å². The van der Waals surface area contributed by atoms with Crippen molar-refractivity contribution in [2.24, 2.45) is 5.73 Å². The third kappa shape index (κ3) is 3.03. The highest BCUT2D eigenvalue weighted by Gasteiger charge is 2.20. The van der Waals surface area contributed by atoms with Gasteiger partial charge >= 0.3 is 0 Å². The molecule has 1 saturated heterocycles. The van der Waals surface area contributed by atoms with E-state index in [2.05, 4.69) is 36.9 Å². The van der Waals surface area contributed by atoms with Crippen molar-refractivity contribution in [1.29, 1.82) is 0 Å². The average molecular weight is 248 g/mol. The summed E-state index contributed by atoms with van der Waals surface area (Å²) in [6.07, 6.45) is 2.78. The van der Waals surface area contributed by atoms with Gasteiger partial charge in [-0.15, -0.1) is 0 Å². The van der Waals surface area contributed by atoms with Crippen LogP contribution in [0.5, 0.6) is 0 Å². The van der Waals surface area contributed by atoms with Gasteiger partial charge in [0, 0.05) is 31.9 Å². The standard InChI is InChI=1S/C15H24N2O/c1-3-18-15-5-4-8-17(11-15)14-7-6-13(10-16)12(2)9-14/h6-7,9,15H,3-5,8,10-11,16H2,1-2H3. The molecular formula is C15H24N2O. The second-order valence-electron chi connectivity index (χ2n) is 4.98. The maximum Gasteiger partial charge on any atom is 0.0750 e. The Balaban J connectivity index is 2.08. The number of benzene rings is 1. The monoisotopic (exact) mass is 248 g/mol. The first-order valence-corrected chi connectivity index (χ1v) is 6.90. The molecule has 0 spiro atoms. The van der Waals surface area contributed by atoms with E-state index in [1.807, 2.05) is 0 Å². The van der Waals surface area contributed by atoms with E-state index >= 15 is 0 Å². The molecule has 1 aliphatic rings. The van der Waals surface area contributed by atoms with Crippen molar-refractivity contribution >= 4 is 5.69 Å². The fourth-order valence-electron chi connectivity index (χ4n) is 2.65. The summed E-state index contributed by atoms with van der Waals surface area (Å²) >= 11 is 0. The molecule has 0 aromatic heterocycles. The summed E-state index contributed by atoms with van der Waals surface area (Å²) in [6.45, 7) is 7.77. The van der Waals surface area contributed by atoms with Gasteiger partial charge in [-0.05, 0) is 49.9 Å². The van der Waals surface area contributed by atoms with Crippen LogP contribution in [0, 0.1) is 6.92 Å². The molecule has 1 aromatic rings. The van der Waals surface area contributed by atoms with Crippen LogP contribution in [0.25, 0.3) is 0 Å². The zero-order valence-electron chi connectivity index (χ0n) is 11.5. The van der Waals surface area contributed by atoms with E-state index in [1.165, 1.54) is 29.7 Å². The van der Waals surface area contributed by atoms with Gasteiger partial charge in [0.25, 0.3) is 0 Å². The lowest BCUT2D eigenvalue weighted by Crippen LogP contribution is -2.39. The molecule has 18 heavy (non-hydrogen) atoms. The summed E-state index contributed by atoms with van der Waals surface area (Å²) < 4.78 is 5.75. The number of hydrogen-bond acceptors (Lipinski definition) is 3. The Morgan fingerprint density at radius 2 is 2.28 bits per heavy atom. The molecule has 1 fully saturated rings. The zero-order valence-corrected chi connectivity index (χ0v) is 11.5. The van der Waals surface area contributed by atoms with Crippen molar-refractivity contribution in [2.75, 3.05) is 24.6 Å². The maximum absolute atomic E-state index is 5.75. The van der Waals surface area contributed by atoms with E-state index < -0.39 is 0 Å². The Hall–Kier alpha value is -1.06. The van der Waals surface area contributed by atoms with Gasteiger partial charge < -0.3 is 15.4 Å². The molecule has 1 aromatic carbocycles. The molecule has 0 radical (unpaired) electrons. The Labute approximate surface area is 110 Å². The number of hydrogen-bond donors (Lipinski definition) is 1. The van der Waals surface area contributed by atoms with E-state index in [-0.39, 0.29) is 0 Å². The number of ether oxygens (including phenoxy) is 1. The van der Waals surface area contributed by atoms with E-state index in [0.717, 1.165) is 19.7 Å². The molecule has 0 aliphatic carbocycles. The number of rotatable bonds is 4. The van der Waals surface area contributed by atoms with Gasteiger partial charge in [-0.1, -0.05) is 6.07 Å². The average Bonchev–Trinajstić information content (AvgIpc) is 2.39. The van der Waals surface area contributed by atoms with Crippen LogP contribution in [0.4, 0.5) is 5.69 Å². The van der Waals surface area contributed by atoms with Crippen molar-refractivity contribution in [3.05, 3.63) is 29.3 Å². The van der Waals surface area contributed by atoms with Crippen molar-refractivity contribution < 1.29 is 4.74 Å². The van der Waals surface area contributed by atoms with Gasteiger partial charge in [0.05, 0.1) is 6.10 Å². The number of anilines is 1. The third-order valence-electron chi connectivity index (χ3n) is 3.69. The van der Waals surface area contributed by atoms with Crippen LogP contribution in [0.15, 0.2) is 18.2 Å². The normalized spacial score (nSPS) is 20.2. The number of nitrogens with zero attached hydrogens (tertiary/aromatic N) is 1. The van der Waals surface area contributed by atoms with Gasteiger partial charge in [0.15, 0.2) is 0 Å². The van der Waals surface area contributed by atoms with Gasteiger partial charge in [0.2, 0.25) is 0 Å². The molecule has 0 bridgehead atoms. The second kappa shape index (κ2) is 6.21. The summed E-state index contributed by atoms with van der Waals surface area (Å²) in [5, 5.41) is 0. The quantitative estimate of drug-likeness (QED) is 0.889. The Morgan fingerprint density at radius 3 is 2.94 bits per heavy atom. The summed E-state index contributed by atoms with van der Waals surface area (Å²) in [5.74, 6) is 0. The number of piperidine rings is 1. The molecule has 1 heterocycles. The van der Waals surface area contributed by atoms with Crippen molar-refractivity contribution in [2.45, 2.75) is 39.3 Å². The predicted molar refractivity (Wildman–Crippen MR) is 75.9 cm³/mol. The van der Waals surface area contributed by atoms with Crippen LogP contribution in [-0.2, 0) is 11.3 Å². The Bertz CT molecular complexity index is 390. The van der Waals surface area contributed by atoms with Crippen LogP contribution in [0.2, 0.25) is 0 Å². The van der Waals surface area contributed by atoms with E-state index in [4.69, 9.17) is 10.5 Å². The first-order valence-electron chi connectivity index (χ1n) is 6.90. The SMILES string of the molecule is CCOC1CCCN(c2ccc(CN)c(C)c2)C1. The molecule has 100 valence electrons. The highest BCUT2D eigenvalue weighted by molar-refractivity contribution is 5.51. The molecule has 2 rings (SSSR count). The molecule has 3 nitrogen and oxygen atoms in total. The molecule has 3 heteroatoms. The highest BCUT2D eigenvalue weighted by atomic mass is 16.5. The molecular weight excluding hydrogens is 224 g/mol. The predicted octanol–water partition coefficient (Wildman–Crippen LogP) is 2.46. The minimum absolute atomic E-state index is 0.387. The lowest BCUT2D eigenvalue weighted by molar-refractivity contribution is 0.0527. The van der Waals surface area contributed by atoms with Gasteiger partial charge in [0.1, 0.15) is 0 Å². The first kappa shape index (κ1) is 13.4. The zero-order chi connectivity index (χ0) is 13.0. The highest BCUT2D eigenvalue weighted by Crippen LogP contribution is 2.23. The summed E-state index contributed by atoms with van der Waals surface area (Å²) in [7, 11) is 0. The Kier molecular flexibility index (Phi) is 4.61. The van der Waals surface area contributed by atoms with Gasteiger partial charge in [-0.3, -0.25) is 0 Å². The van der Waals surface area contributed by atoms with Crippen molar-refractivity contribution in [3.8, 4) is 0 Å². The maximum atomic E-state index is 5.75. The van der Waals surface area contributed by atoms with Crippen molar-refractivity contribution in [1.82, 2.24) is 0 Å². The molecule has 1 atom stereocenters. The molecule has 1 unspecified atom stereocenters. The smallest absolute Gasteiger partial charge is 0.0750 e. The Morgan fingerprint density at radius 1 is 1.44 bits per heavy atom. The number of aryl methyl sites for hydroxylation is 1. The molecule has 1 aliphatic heterocycles. The van der Waals surface area contributed by atoms with E-state index in [1.54, 1.807) is 0 Å². The van der Waals surface area contributed by atoms with Gasteiger partial charge in [-0.2, -0.15) is 0 Å². The fraction of sp³-hybridized carbons (Fsp3) is 0.600. The minimum atomic E-state index is 0.387. The van der Waals surface area contributed by atoms with E-state index in [9.17, 15) is 0 Å². The molecule has 2 N–H and O–H groups in total. The lowest BCUT2D eigenvalue weighted by atomic mass is 10.0. The van der Waals surface area contributed by atoms with Crippen LogP contribution in [0.1, 0.15) is 30.9 Å².